The van der Waals surface area contributed by atoms with E-state index < -0.39 is 4.92 Å². The predicted octanol–water partition coefficient (Wildman–Crippen LogP) is 1.88. The van der Waals surface area contributed by atoms with Crippen molar-refractivity contribution >= 4 is 5.69 Å². The molecule has 1 fully saturated rings. The molecule has 6 nitrogen and oxygen atoms in total. The Kier molecular flexibility index (Phi) is 3.75. The fraction of sp³-hybridized carbons (Fsp3) is 0.417. The number of nitro benzene ring substituents is 1. The molecule has 2 rings (SSSR count). The lowest BCUT2D eigenvalue weighted by molar-refractivity contribution is -0.384. The highest BCUT2D eigenvalue weighted by atomic mass is 16.6. The van der Waals surface area contributed by atoms with E-state index in [0.717, 1.165) is 13.0 Å². The lowest BCUT2D eigenvalue weighted by Gasteiger charge is -2.11. The summed E-state index contributed by atoms with van der Waals surface area (Å²) in [6.45, 7) is 1.86. The molecule has 94 valence electrons. The second-order valence-corrected chi connectivity index (χ2v) is 4.09. The van der Waals surface area contributed by atoms with Crippen molar-refractivity contribution in [2.75, 3.05) is 19.8 Å². The minimum absolute atomic E-state index is 0.108. The van der Waals surface area contributed by atoms with E-state index >= 15 is 0 Å². The van der Waals surface area contributed by atoms with Gasteiger partial charge in [-0.3, -0.25) is 10.1 Å². The average molecular weight is 248 g/mol. The molecule has 0 spiro atoms. The average Bonchev–Trinajstić information content (AvgIpc) is 2.89. The Hall–Kier alpha value is -2.13. The quantitative estimate of drug-likeness (QED) is 0.599. The van der Waals surface area contributed by atoms with E-state index in [1.165, 1.54) is 18.2 Å². The van der Waals surface area contributed by atoms with Crippen LogP contribution in [-0.4, -0.2) is 24.7 Å². The Morgan fingerprint density at radius 3 is 3.06 bits per heavy atom. The van der Waals surface area contributed by atoms with Crippen molar-refractivity contribution in [2.45, 2.75) is 6.42 Å². The first-order chi connectivity index (χ1) is 8.70. The van der Waals surface area contributed by atoms with Gasteiger partial charge in [0.15, 0.2) is 0 Å². The van der Waals surface area contributed by atoms with Gasteiger partial charge in [-0.1, -0.05) is 0 Å². The van der Waals surface area contributed by atoms with Gasteiger partial charge in [-0.05, 0) is 12.5 Å². The second-order valence-electron chi connectivity index (χ2n) is 4.09. The number of hydrogen-bond acceptors (Lipinski definition) is 5. The maximum Gasteiger partial charge on any atom is 0.271 e. The first-order valence-corrected chi connectivity index (χ1v) is 5.60. The lowest BCUT2D eigenvalue weighted by atomic mass is 10.1. The van der Waals surface area contributed by atoms with Crippen molar-refractivity contribution in [3.8, 4) is 11.8 Å². The van der Waals surface area contributed by atoms with Crippen LogP contribution in [0, 0.1) is 27.4 Å². The fourth-order valence-electron chi connectivity index (χ4n) is 1.77. The van der Waals surface area contributed by atoms with Crippen LogP contribution in [0.4, 0.5) is 5.69 Å². The lowest BCUT2D eigenvalue weighted by Crippen LogP contribution is -2.12. The molecule has 18 heavy (non-hydrogen) atoms. The summed E-state index contributed by atoms with van der Waals surface area (Å²) in [5.41, 5.74) is 0.0752. The van der Waals surface area contributed by atoms with Gasteiger partial charge in [0, 0.05) is 24.7 Å². The summed E-state index contributed by atoms with van der Waals surface area (Å²) in [5, 5.41) is 19.5. The molecular weight excluding hydrogens is 236 g/mol. The van der Waals surface area contributed by atoms with E-state index in [1.54, 1.807) is 0 Å². The molecule has 0 radical (unpaired) electrons. The Morgan fingerprint density at radius 1 is 1.61 bits per heavy atom. The SMILES string of the molecule is N#Cc1cc([N+](=O)[O-])ccc1OCC1CCOC1. The van der Waals surface area contributed by atoms with Crippen molar-refractivity contribution in [1.82, 2.24) is 0 Å². The zero-order chi connectivity index (χ0) is 13.0. The second kappa shape index (κ2) is 5.47. The third-order valence-electron chi connectivity index (χ3n) is 2.79. The molecule has 1 unspecified atom stereocenters. The predicted molar refractivity (Wildman–Crippen MR) is 62.2 cm³/mol. The van der Waals surface area contributed by atoms with E-state index in [9.17, 15) is 10.1 Å². The first-order valence-electron chi connectivity index (χ1n) is 5.60. The molecule has 1 aromatic rings. The third-order valence-corrected chi connectivity index (χ3v) is 2.79. The van der Waals surface area contributed by atoms with Gasteiger partial charge in [0.1, 0.15) is 17.4 Å². The molecule has 0 aromatic heterocycles. The van der Waals surface area contributed by atoms with Gasteiger partial charge in [0.2, 0.25) is 0 Å². The van der Waals surface area contributed by atoms with Gasteiger partial charge in [-0.15, -0.1) is 0 Å². The molecule has 0 amide bonds. The number of ether oxygens (including phenoxy) is 2. The molecule has 0 N–H and O–H groups in total. The smallest absolute Gasteiger partial charge is 0.271 e. The minimum atomic E-state index is -0.532. The normalized spacial score (nSPS) is 18.3. The number of nitro groups is 1. The summed E-state index contributed by atoms with van der Waals surface area (Å²) < 4.78 is 10.7. The summed E-state index contributed by atoms with van der Waals surface area (Å²) in [4.78, 5) is 10.1. The molecule has 1 atom stereocenters. The van der Waals surface area contributed by atoms with Crippen molar-refractivity contribution < 1.29 is 14.4 Å². The Bertz CT molecular complexity index is 489. The molecule has 1 saturated heterocycles. The van der Waals surface area contributed by atoms with Crippen molar-refractivity contribution in [1.29, 1.82) is 5.26 Å². The highest BCUT2D eigenvalue weighted by Gasteiger charge is 2.18. The zero-order valence-corrected chi connectivity index (χ0v) is 9.67. The van der Waals surface area contributed by atoms with Gasteiger partial charge < -0.3 is 9.47 Å². The van der Waals surface area contributed by atoms with Gasteiger partial charge in [-0.25, -0.2) is 0 Å². The molecule has 1 aliphatic rings. The number of benzene rings is 1. The minimum Gasteiger partial charge on any atom is -0.492 e. The molecule has 6 heteroatoms. The number of non-ortho nitro benzene ring substituents is 1. The highest BCUT2D eigenvalue weighted by molar-refractivity contribution is 5.50. The van der Waals surface area contributed by atoms with Gasteiger partial charge in [0.25, 0.3) is 5.69 Å². The Balaban J connectivity index is 2.07. The van der Waals surface area contributed by atoms with E-state index in [1.807, 2.05) is 6.07 Å². The summed E-state index contributed by atoms with van der Waals surface area (Å²) in [6, 6.07) is 5.93. The van der Waals surface area contributed by atoms with Crippen LogP contribution < -0.4 is 4.74 Å². The van der Waals surface area contributed by atoms with Gasteiger partial charge in [0.05, 0.1) is 18.1 Å². The van der Waals surface area contributed by atoms with Crippen LogP contribution in [0.5, 0.6) is 5.75 Å². The molecule has 1 aliphatic heterocycles. The molecular formula is C12H12N2O4. The van der Waals surface area contributed by atoms with E-state index in [2.05, 4.69) is 0 Å². The van der Waals surface area contributed by atoms with Gasteiger partial charge >= 0.3 is 0 Å². The molecule has 0 bridgehead atoms. The Labute approximate surface area is 104 Å². The monoisotopic (exact) mass is 248 g/mol. The molecule has 0 saturated carbocycles. The third kappa shape index (κ3) is 2.76. The first kappa shape index (κ1) is 12.3. The maximum atomic E-state index is 10.6. The van der Waals surface area contributed by atoms with Crippen LogP contribution in [0.15, 0.2) is 18.2 Å². The van der Waals surface area contributed by atoms with Crippen LogP contribution in [0.3, 0.4) is 0 Å². The van der Waals surface area contributed by atoms with E-state index in [4.69, 9.17) is 14.7 Å². The van der Waals surface area contributed by atoms with Crippen molar-refractivity contribution in [2.24, 2.45) is 5.92 Å². The molecule has 0 aliphatic carbocycles. The van der Waals surface area contributed by atoms with Crippen LogP contribution in [0.2, 0.25) is 0 Å². The number of rotatable bonds is 4. The Morgan fingerprint density at radius 2 is 2.44 bits per heavy atom. The van der Waals surface area contributed by atoms with E-state index in [0.29, 0.717) is 24.9 Å². The molecule has 1 heterocycles. The number of nitrogens with zero attached hydrogens (tertiary/aromatic N) is 2. The van der Waals surface area contributed by atoms with Crippen LogP contribution in [0.1, 0.15) is 12.0 Å². The summed E-state index contributed by atoms with van der Waals surface area (Å²) in [6.07, 6.45) is 0.939. The molecule has 1 aromatic carbocycles. The largest absolute Gasteiger partial charge is 0.492 e. The van der Waals surface area contributed by atoms with Crippen LogP contribution in [0.25, 0.3) is 0 Å². The standard InChI is InChI=1S/C12H12N2O4/c13-6-10-5-11(14(15)16)1-2-12(10)18-8-9-3-4-17-7-9/h1-2,5,9H,3-4,7-8H2. The van der Waals surface area contributed by atoms with Crippen molar-refractivity contribution in [3.05, 3.63) is 33.9 Å². The number of nitriles is 1. The zero-order valence-electron chi connectivity index (χ0n) is 9.67. The van der Waals surface area contributed by atoms with Gasteiger partial charge in [-0.2, -0.15) is 5.26 Å². The number of hydrogen-bond donors (Lipinski definition) is 0. The maximum absolute atomic E-state index is 10.6. The van der Waals surface area contributed by atoms with Crippen molar-refractivity contribution in [3.63, 3.8) is 0 Å². The summed E-state index contributed by atoms with van der Waals surface area (Å²) in [7, 11) is 0. The highest BCUT2D eigenvalue weighted by Crippen LogP contribution is 2.24. The summed E-state index contributed by atoms with van der Waals surface area (Å²) >= 11 is 0. The summed E-state index contributed by atoms with van der Waals surface area (Å²) in [5.74, 6) is 0.710. The van der Waals surface area contributed by atoms with Crippen LogP contribution in [-0.2, 0) is 4.74 Å². The fourth-order valence-corrected chi connectivity index (χ4v) is 1.77. The topological polar surface area (TPSA) is 85.4 Å². The van der Waals surface area contributed by atoms with E-state index in [-0.39, 0.29) is 11.3 Å². The van der Waals surface area contributed by atoms with Crippen LogP contribution >= 0.6 is 0 Å².